The minimum absolute atomic E-state index is 0. The molecule has 1 heterocycles. The topological polar surface area (TPSA) is 107 Å². The van der Waals surface area contributed by atoms with E-state index in [9.17, 15) is 15.0 Å². The highest BCUT2D eigenvalue weighted by Gasteiger charge is 2.16. The number of aliphatic hydroxyl groups is 1. The number of hydrogen-bond acceptors (Lipinski definition) is 7. The van der Waals surface area contributed by atoms with E-state index in [1.165, 1.54) is 17.2 Å². The highest BCUT2D eigenvalue weighted by atomic mass is 35.5. The molecule has 0 amide bonds. The number of aromatic amines is 1. The Bertz CT molecular complexity index is 1090. The molecule has 0 bridgehead atoms. The Hall–Kier alpha value is -1.65. The number of phenolic OH excluding ortho intramolecular Hbond substituents is 1. The van der Waals surface area contributed by atoms with Gasteiger partial charge in [-0.25, -0.2) is 0 Å². The van der Waals surface area contributed by atoms with E-state index in [-0.39, 0.29) is 35.4 Å². The molecule has 1 aromatic heterocycles. The zero-order chi connectivity index (χ0) is 23.8. The molecule has 2 atom stereocenters. The number of thiazole rings is 1. The SMILES string of the molecule is COC[C@H](CC(C)C)NCc1cccc(CCNC[C@H](O)c2ccc(O)c3[nH]c(=O)sc23)c1.Cl.Cl. The Kier molecular flexibility index (Phi) is 13.9. The summed E-state index contributed by atoms with van der Waals surface area (Å²) in [6.45, 7) is 7.03. The fourth-order valence-electron chi connectivity index (χ4n) is 4.02. The number of nitrogens with one attached hydrogen (secondary N) is 3. The molecular formula is C25H37Cl2N3O4S. The second-order valence-electron chi connectivity index (χ2n) is 8.85. The molecule has 0 aliphatic heterocycles. The standard InChI is InChI=1S/C25H35N3O4S.2ClH/c1-16(2)11-19(15-32-3)27-13-18-6-4-5-17(12-18)9-10-26-14-22(30)20-7-8-21(29)23-24(20)33-25(31)28-23;;/h4-8,12,16,19,22,26-27,29-30H,9-11,13-15H2,1-3H3,(H,28,31);2*1H/t19-,22-;;/m0../s1. The van der Waals surface area contributed by atoms with Crippen LogP contribution in [0.4, 0.5) is 0 Å². The zero-order valence-electron chi connectivity index (χ0n) is 20.4. The van der Waals surface area contributed by atoms with Gasteiger partial charge >= 0.3 is 4.87 Å². The van der Waals surface area contributed by atoms with Gasteiger partial charge in [0.2, 0.25) is 0 Å². The lowest BCUT2D eigenvalue weighted by Crippen LogP contribution is -2.34. The maximum atomic E-state index is 11.7. The summed E-state index contributed by atoms with van der Waals surface area (Å²) in [4.78, 5) is 14.0. The number of rotatable bonds is 13. The van der Waals surface area contributed by atoms with Crippen LogP contribution < -0.4 is 15.5 Å². The molecule has 0 fully saturated rings. The molecule has 0 saturated carbocycles. The first-order valence-corrected chi connectivity index (χ1v) is 12.2. The number of halogens is 2. The van der Waals surface area contributed by atoms with E-state index in [1.54, 1.807) is 13.2 Å². The molecule has 3 rings (SSSR count). The molecule has 0 saturated heterocycles. The average Bonchev–Trinajstić information content (AvgIpc) is 3.17. The van der Waals surface area contributed by atoms with Gasteiger partial charge in [0.15, 0.2) is 0 Å². The van der Waals surface area contributed by atoms with E-state index in [2.05, 4.69) is 53.7 Å². The van der Waals surface area contributed by atoms with Gasteiger partial charge in [-0.05, 0) is 42.5 Å². The number of aromatic hydroxyl groups is 1. The monoisotopic (exact) mass is 545 g/mol. The zero-order valence-corrected chi connectivity index (χ0v) is 22.8. The molecule has 7 nitrogen and oxygen atoms in total. The molecule has 0 spiro atoms. The highest BCUT2D eigenvalue weighted by Crippen LogP contribution is 2.31. The number of aliphatic hydroxyl groups excluding tert-OH is 1. The lowest BCUT2D eigenvalue weighted by molar-refractivity contribution is 0.156. The van der Waals surface area contributed by atoms with Crippen LogP contribution in [0.3, 0.4) is 0 Å². The second kappa shape index (κ2) is 15.5. The van der Waals surface area contributed by atoms with Gasteiger partial charge in [-0.1, -0.05) is 55.5 Å². The molecule has 0 aliphatic carbocycles. The van der Waals surface area contributed by atoms with Gasteiger partial charge in [0, 0.05) is 31.8 Å². The Morgan fingerprint density at radius 1 is 1.14 bits per heavy atom. The van der Waals surface area contributed by atoms with Gasteiger partial charge in [0.25, 0.3) is 0 Å². The fraction of sp³-hybridized carbons (Fsp3) is 0.480. The number of methoxy groups -OCH3 is 1. The normalized spacial score (nSPS) is 12.8. The smallest absolute Gasteiger partial charge is 0.305 e. The Morgan fingerprint density at radius 2 is 1.89 bits per heavy atom. The predicted molar refractivity (Wildman–Crippen MR) is 149 cm³/mol. The number of ether oxygens (including phenoxy) is 1. The third-order valence-corrected chi connectivity index (χ3v) is 6.52. The molecule has 5 N–H and O–H groups in total. The second-order valence-corrected chi connectivity index (χ2v) is 9.83. The fourth-order valence-corrected chi connectivity index (χ4v) is 4.94. The molecule has 2 aromatic carbocycles. The Labute approximate surface area is 223 Å². The first-order chi connectivity index (χ1) is 15.9. The van der Waals surface area contributed by atoms with Crippen LogP contribution in [-0.4, -0.2) is 48.0 Å². The van der Waals surface area contributed by atoms with E-state index >= 15 is 0 Å². The summed E-state index contributed by atoms with van der Waals surface area (Å²) in [5, 5.41) is 27.4. The maximum absolute atomic E-state index is 11.7. The summed E-state index contributed by atoms with van der Waals surface area (Å²) in [7, 11) is 1.74. The molecule has 0 unspecified atom stereocenters. The number of hydrogen-bond donors (Lipinski definition) is 5. The van der Waals surface area contributed by atoms with E-state index < -0.39 is 6.10 Å². The number of benzene rings is 2. The third kappa shape index (κ3) is 9.38. The molecular weight excluding hydrogens is 509 g/mol. The molecule has 196 valence electrons. The van der Waals surface area contributed by atoms with E-state index in [1.807, 2.05) is 0 Å². The van der Waals surface area contributed by atoms with Gasteiger partial charge in [0.05, 0.1) is 17.4 Å². The van der Waals surface area contributed by atoms with Crippen molar-refractivity contribution in [1.82, 2.24) is 15.6 Å². The molecule has 0 aliphatic rings. The average molecular weight is 547 g/mol. The van der Waals surface area contributed by atoms with Crippen molar-refractivity contribution in [3.63, 3.8) is 0 Å². The van der Waals surface area contributed by atoms with Crippen LogP contribution in [0.1, 0.15) is 43.1 Å². The first-order valence-electron chi connectivity index (χ1n) is 11.4. The van der Waals surface area contributed by atoms with Crippen molar-refractivity contribution < 1.29 is 14.9 Å². The summed E-state index contributed by atoms with van der Waals surface area (Å²) in [5.74, 6) is 0.628. The predicted octanol–water partition coefficient (Wildman–Crippen LogP) is 4.16. The summed E-state index contributed by atoms with van der Waals surface area (Å²) in [5.41, 5.74) is 3.50. The van der Waals surface area contributed by atoms with Gasteiger partial charge in [-0.2, -0.15) is 0 Å². The molecule has 0 radical (unpaired) electrons. The van der Waals surface area contributed by atoms with Crippen molar-refractivity contribution in [3.05, 3.63) is 62.8 Å². The van der Waals surface area contributed by atoms with Crippen LogP contribution in [0.25, 0.3) is 10.2 Å². The van der Waals surface area contributed by atoms with Crippen LogP contribution in [0.5, 0.6) is 5.75 Å². The first kappa shape index (κ1) is 31.4. The van der Waals surface area contributed by atoms with Gasteiger partial charge in [-0.3, -0.25) is 4.79 Å². The van der Waals surface area contributed by atoms with Crippen molar-refractivity contribution >= 4 is 46.4 Å². The maximum Gasteiger partial charge on any atom is 0.305 e. The number of phenols is 1. The molecule has 35 heavy (non-hydrogen) atoms. The third-order valence-electron chi connectivity index (χ3n) is 5.59. The lowest BCUT2D eigenvalue weighted by Gasteiger charge is -2.20. The van der Waals surface area contributed by atoms with E-state index in [0.717, 1.165) is 37.3 Å². The van der Waals surface area contributed by atoms with Gasteiger partial charge < -0.3 is 30.6 Å². The summed E-state index contributed by atoms with van der Waals surface area (Å²) >= 11 is 0.999. The van der Waals surface area contributed by atoms with Crippen molar-refractivity contribution in [2.24, 2.45) is 5.92 Å². The summed E-state index contributed by atoms with van der Waals surface area (Å²) in [6.07, 6.45) is 1.15. The van der Waals surface area contributed by atoms with Crippen LogP contribution >= 0.6 is 36.2 Å². The highest BCUT2D eigenvalue weighted by molar-refractivity contribution is 7.16. The Balaban J connectivity index is 0.00000306. The largest absolute Gasteiger partial charge is 0.506 e. The van der Waals surface area contributed by atoms with Crippen LogP contribution in [0.15, 0.2) is 41.2 Å². The summed E-state index contributed by atoms with van der Waals surface area (Å²) in [6, 6.07) is 12.0. The van der Waals surface area contributed by atoms with Crippen molar-refractivity contribution in [2.75, 3.05) is 26.8 Å². The minimum Gasteiger partial charge on any atom is -0.506 e. The van der Waals surface area contributed by atoms with Crippen LogP contribution in [0.2, 0.25) is 0 Å². The summed E-state index contributed by atoms with van der Waals surface area (Å²) < 4.78 is 5.94. The molecule has 3 aromatic rings. The Morgan fingerprint density at radius 3 is 2.60 bits per heavy atom. The van der Waals surface area contributed by atoms with E-state index in [0.29, 0.717) is 40.9 Å². The van der Waals surface area contributed by atoms with Crippen LogP contribution in [-0.2, 0) is 17.7 Å². The quantitative estimate of drug-likeness (QED) is 0.206. The number of aromatic nitrogens is 1. The number of fused-ring (bicyclic) bond motifs is 1. The van der Waals surface area contributed by atoms with Gasteiger partial charge in [0.1, 0.15) is 11.3 Å². The lowest BCUT2D eigenvalue weighted by atomic mass is 10.0. The van der Waals surface area contributed by atoms with Crippen molar-refractivity contribution in [2.45, 2.75) is 45.4 Å². The van der Waals surface area contributed by atoms with Crippen LogP contribution in [0, 0.1) is 5.92 Å². The number of H-pyrrole nitrogens is 1. The molecule has 10 heteroatoms. The minimum atomic E-state index is -0.770. The van der Waals surface area contributed by atoms with Crippen molar-refractivity contribution in [1.29, 1.82) is 0 Å². The van der Waals surface area contributed by atoms with Gasteiger partial charge in [-0.15, -0.1) is 24.8 Å². The van der Waals surface area contributed by atoms with E-state index in [4.69, 9.17) is 4.74 Å². The van der Waals surface area contributed by atoms with Crippen molar-refractivity contribution in [3.8, 4) is 5.75 Å².